The highest BCUT2D eigenvalue weighted by molar-refractivity contribution is 5.78. The third kappa shape index (κ3) is 24.7. The summed E-state index contributed by atoms with van der Waals surface area (Å²) in [5.74, 6) is -0.430. The van der Waals surface area contributed by atoms with Gasteiger partial charge in [0.05, 0.1) is 6.61 Å². The van der Waals surface area contributed by atoms with Crippen molar-refractivity contribution < 1.29 is 24.2 Å². The van der Waals surface area contributed by atoms with Crippen LogP contribution in [0.1, 0.15) is 142 Å². The van der Waals surface area contributed by atoms with E-state index >= 15 is 0 Å². The molecule has 0 radical (unpaired) electrons. The molecule has 0 aromatic carbocycles. The molecule has 0 atom stereocenters. The number of Topliss-reactive ketones (excluding diaryl/α,β-unsaturated/α-hetero) is 1. The molecule has 0 bridgehead atoms. The Morgan fingerprint density at radius 2 is 0.968 bits per heavy atom. The predicted molar refractivity (Wildman–Crippen MR) is 126 cm³/mol. The van der Waals surface area contributed by atoms with Gasteiger partial charge in [0, 0.05) is 25.7 Å². The van der Waals surface area contributed by atoms with E-state index in [0.29, 0.717) is 31.7 Å². The number of aliphatic carboxylic acids is 1. The van der Waals surface area contributed by atoms with Gasteiger partial charge in [0.25, 0.3) is 0 Å². The third-order valence-corrected chi connectivity index (χ3v) is 5.69. The van der Waals surface area contributed by atoms with Crippen molar-refractivity contribution in [2.24, 2.45) is 0 Å². The number of carbonyl (C=O) groups excluding carboxylic acids is 2. The van der Waals surface area contributed by atoms with Crippen LogP contribution in [0.5, 0.6) is 0 Å². The average molecular weight is 441 g/mol. The summed E-state index contributed by atoms with van der Waals surface area (Å²) in [6.07, 6.45) is 20.3. The summed E-state index contributed by atoms with van der Waals surface area (Å²) >= 11 is 0. The Hall–Kier alpha value is -1.39. The van der Waals surface area contributed by atoms with Gasteiger partial charge in [-0.3, -0.25) is 14.4 Å². The fraction of sp³-hybridized carbons (Fsp3) is 0.885. The second kappa shape index (κ2) is 23.3. The number of hydrogen-bond acceptors (Lipinski definition) is 4. The molecule has 0 aliphatic carbocycles. The fourth-order valence-electron chi connectivity index (χ4n) is 3.69. The van der Waals surface area contributed by atoms with Crippen molar-refractivity contribution in [3.8, 4) is 0 Å². The van der Waals surface area contributed by atoms with Crippen LogP contribution in [0.15, 0.2) is 0 Å². The van der Waals surface area contributed by atoms with Crippen molar-refractivity contribution in [1.82, 2.24) is 0 Å². The average Bonchev–Trinajstić information content (AvgIpc) is 2.74. The molecule has 0 aliphatic rings. The first-order valence-electron chi connectivity index (χ1n) is 13.0. The molecule has 0 aromatic heterocycles. The van der Waals surface area contributed by atoms with Crippen molar-refractivity contribution in [1.29, 1.82) is 0 Å². The number of carboxylic acid groups (broad SMARTS) is 1. The van der Waals surface area contributed by atoms with Gasteiger partial charge in [0.2, 0.25) is 0 Å². The molecule has 0 saturated carbocycles. The van der Waals surface area contributed by atoms with Gasteiger partial charge in [-0.2, -0.15) is 0 Å². The Labute approximate surface area is 190 Å². The molecule has 0 heterocycles. The van der Waals surface area contributed by atoms with Crippen molar-refractivity contribution in [3.63, 3.8) is 0 Å². The SMILES string of the molecule is CCCCCCCCCC(=O)OCCCCCCCC(=O)CCCCCCCC(=O)O. The van der Waals surface area contributed by atoms with Crippen LogP contribution in [0.4, 0.5) is 0 Å². The molecule has 5 nitrogen and oxygen atoms in total. The zero-order valence-corrected chi connectivity index (χ0v) is 20.1. The largest absolute Gasteiger partial charge is 0.481 e. The Balaban J connectivity index is 3.28. The van der Waals surface area contributed by atoms with Crippen LogP contribution in [0.3, 0.4) is 0 Å². The first-order chi connectivity index (χ1) is 15.1. The van der Waals surface area contributed by atoms with Crippen molar-refractivity contribution >= 4 is 17.7 Å². The number of carbonyl (C=O) groups is 3. The summed E-state index contributed by atoms with van der Waals surface area (Å²) in [5.41, 5.74) is 0. The molecular weight excluding hydrogens is 392 g/mol. The maximum Gasteiger partial charge on any atom is 0.305 e. The van der Waals surface area contributed by atoms with E-state index in [4.69, 9.17) is 9.84 Å². The minimum absolute atomic E-state index is 0.0546. The lowest BCUT2D eigenvalue weighted by Gasteiger charge is -2.05. The lowest BCUT2D eigenvalue weighted by atomic mass is 10.0. The van der Waals surface area contributed by atoms with E-state index < -0.39 is 5.97 Å². The summed E-state index contributed by atoms with van der Waals surface area (Å²) in [6, 6.07) is 0. The first-order valence-corrected chi connectivity index (χ1v) is 13.0. The maximum absolute atomic E-state index is 11.9. The van der Waals surface area contributed by atoms with Crippen LogP contribution in [-0.4, -0.2) is 29.4 Å². The first kappa shape index (κ1) is 29.6. The van der Waals surface area contributed by atoms with E-state index in [2.05, 4.69) is 6.92 Å². The molecule has 0 aliphatic heterocycles. The van der Waals surface area contributed by atoms with Crippen molar-refractivity contribution in [2.45, 2.75) is 142 Å². The van der Waals surface area contributed by atoms with E-state index in [1.54, 1.807) is 0 Å². The normalized spacial score (nSPS) is 10.9. The Bertz CT molecular complexity index is 447. The molecule has 0 aromatic rings. The number of hydrogen-bond donors (Lipinski definition) is 1. The van der Waals surface area contributed by atoms with Gasteiger partial charge >= 0.3 is 11.9 Å². The van der Waals surface area contributed by atoms with Crippen LogP contribution in [-0.2, 0) is 19.1 Å². The van der Waals surface area contributed by atoms with Crippen LogP contribution >= 0.6 is 0 Å². The lowest BCUT2D eigenvalue weighted by Crippen LogP contribution is -2.05. The highest BCUT2D eigenvalue weighted by Crippen LogP contribution is 2.12. The molecule has 182 valence electrons. The second-order valence-electron chi connectivity index (χ2n) is 8.81. The van der Waals surface area contributed by atoms with Gasteiger partial charge in [0.15, 0.2) is 0 Å². The summed E-state index contributed by atoms with van der Waals surface area (Å²) in [5, 5.41) is 8.57. The predicted octanol–water partition coefficient (Wildman–Crippen LogP) is 7.40. The van der Waals surface area contributed by atoms with E-state index in [1.165, 1.54) is 32.1 Å². The van der Waals surface area contributed by atoms with E-state index in [0.717, 1.165) is 77.0 Å². The van der Waals surface area contributed by atoms with Crippen LogP contribution in [0.2, 0.25) is 0 Å². The Kier molecular flexibility index (Phi) is 22.2. The molecule has 0 amide bonds. The Morgan fingerprint density at radius 3 is 1.48 bits per heavy atom. The zero-order valence-electron chi connectivity index (χ0n) is 20.1. The van der Waals surface area contributed by atoms with Gasteiger partial charge in [0.1, 0.15) is 5.78 Å². The number of ether oxygens (including phenoxy) is 1. The smallest absolute Gasteiger partial charge is 0.305 e. The molecule has 0 fully saturated rings. The summed E-state index contributed by atoms with van der Waals surface area (Å²) < 4.78 is 5.30. The molecule has 5 heteroatoms. The van der Waals surface area contributed by atoms with Crippen molar-refractivity contribution in [2.75, 3.05) is 6.61 Å². The second-order valence-corrected chi connectivity index (χ2v) is 8.81. The molecule has 1 N–H and O–H groups in total. The number of carboxylic acids is 1. The standard InChI is InChI=1S/C26H48O5/c1-2-3-4-5-6-12-17-22-26(30)31-23-18-13-8-10-15-20-24(27)19-14-9-7-11-16-21-25(28)29/h2-23H2,1H3,(H,28,29). The van der Waals surface area contributed by atoms with Gasteiger partial charge in [-0.15, -0.1) is 0 Å². The molecule has 31 heavy (non-hydrogen) atoms. The van der Waals surface area contributed by atoms with Crippen LogP contribution in [0.25, 0.3) is 0 Å². The van der Waals surface area contributed by atoms with Gasteiger partial charge in [-0.25, -0.2) is 0 Å². The lowest BCUT2D eigenvalue weighted by molar-refractivity contribution is -0.144. The minimum atomic E-state index is -0.727. The maximum atomic E-state index is 11.9. The number of ketones is 1. The molecule has 0 spiro atoms. The molecule has 0 saturated heterocycles. The number of rotatable bonds is 24. The Morgan fingerprint density at radius 1 is 0.548 bits per heavy atom. The number of unbranched alkanes of at least 4 members (excludes halogenated alkanes) is 14. The van der Waals surface area contributed by atoms with Gasteiger partial charge in [-0.05, 0) is 32.1 Å². The van der Waals surface area contributed by atoms with Crippen molar-refractivity contribution in [3.05, 3.63) is 0 Å². The quantitative estimate of drug-likeness (QED) is 0.125. The fourth-order valence-corrected chi connectivity index (χ4v) is 3.69. The molecular formula is C26H48O5. The van der Waals surface area contributed by atoms with Crippen LogP contribution in [0, 0.1) is 0 Å². The highest BCUT2D eigenvalue weighted by atomic mass is 16.5. The molecule has 0 unspecified atom stereocenters. The summed E-state index contributed by atoms with van der Waals surface area (Å²) in [7, 11) is 0. The minimum Gasteiger partial charge on any atom is -0.481 e. The third-order valence-electron chi connectivity index (χ3n) is 5.69. The van der Waals surface area contributed by atoms with E-state index in [-0.39, 0.29) is 12.4 Å². The van der Waals surface area contributed by atoms with E-state index in [9.17, 15) is 14.4 Å². The summed E-state index contributed by atoms with van der Waals surface area (Å²) in [6.45, 7) is 2.75. The highest BCUT2D eigenvalue weighted by Gasteiger charge is 2.04. The number of esters is 1. The van der Waals surface area contributed by atoms with Gasteiger partial charge < -0.3 is 9.84 Å². The van der Waals surface area contributed by atoms with E-state index in [1.807, 2.05) is 0 Å². The molecule has 0 rings (SSSR count). The van der Waals surface area contributed by atoms with Gasteiger partial charge in [-0.1, -0.05) is 84.0 Å². The summed E-state index contributed by atoms with van der Waals surface area (Å²) in [4.78, 5) is 34.0. The topological polar surface area (TPSA) is 80.7 Å². The monoisotopic (exact) mass is 440 g/mol. The zero-order chi connectivity index (χ0) is 23.0. The van der Waals surface area contributed by atoms with Crippen LogP contribution < -0.4 is 0 Å².